The second-order valence-electron chi connectivity index (χ2n) is 1.98. The van der Waals surface area contributed by atoms with Crippen LogP contribution in [0.15, 0.2) is 0 Å². The van der Waals surface area contributed by atoms with Gasteiger partial charge in [-0.1, -0.05) is 0 Å². The normalized spacial score (nSPS) is 14.8. The van der Waals surface area contributed by atoms with Crippen LogP contribution in [-0.4, -0.2) is 18.6 Å². The number of hydrogen-bond donors (Lipinski definition) is 0. The Labute approximate surface area is 66.3 Å². The molecule has 13 heavy (non-hydrogen) atoms. The lowest BCUT2D eigenvalue weighted by molar-refractivity contribution is -0.436. The molecule has 0 aliphatic heterocycles. The molecule has 9 heteroatoms. The Hall–Kier alpha value is -0.600. The number of hydrogen-bond acceptors (Lipinski definition) is 1. The standard InChI is InChI=1S/C4H2F8O/c5-2(6,7)1-3(8,9)13-4(10,11)12/h1H2. The lowest BCUT2D eigenvalue weighted by Gasteiger charge is -2.19. The van der Waals surface area contributed by atoms with Gasteiger partial charge in [0, 0.05) is 0 Å². The van der Waals surface area contributed by atoms with E-state index >= 15 is 0 Å². The van der Waals surface area contributed by atoms with E-state index < -0.39 is 25.1 Å². The quantitative estimate of drug-likeness (QED) is 0.647. The topological polar surface area (TPSA) is 9.23 Å². The van der Waals surface area contributed by atoms with Crippen LogP contribution in [0.5, 0.6) is 0 Å². The molecule has 0 fully saturated rings. The maximum atomic E-state index is 11.8. The predicted molar refractivity (Wildman–Crippen MR) is 22.8 cm³/mol. The van der Waals surface area contributed by atoms with E-state index in [1.807, 2.05) is 4.74 Å². The molecule has 0 atom stereocenters. The molecule has 0 saturated carbocycles. The van der Waals surface area contributed by atoms with E-state index in [1.54, 1.807) is 0 Å². The molecule has 0 spiro atoms. The molecule has 0 bridgehead atoms. The molecule has 0 radical (unpaired) electrons. The largest absolute Gasteiger partial charge is 0.527 e. The van der Waals surface area contributed by atoms with Gasteiger partial charge in [-0.3, -0.25) is 0 Å². The first kappa shape index (κ1) is 12.4. The third-order valence-electron chi connectivity index (χ3n) is 0.671. The highest BCUT2D eigenvalue weighted by Gasteiger charge is 2.51. The lowest BCUT2D eigenvalue weighted by Crippen LogP contribution is -2.34. The monoisotopic (exact) mass is 218 g/mol. The highest BCUT2D eigenvalue weighted by molar-refractivity contribution is 4.61. The molecular formula is C4H2F8O. The molecule has 80 valence electrons. The van der Waals surface area contributed by atoms with Crippen molar-refractivity contribution in [3.8, 4) is 0 Å². The Morgan fingerprint density at radius 3 is 1.38 bits per heavy atom. The molecule has 0 saturated heterocycles. The van der Waals surface area contributed by atoms with Crippen molar-refractivity contribution in [2.24, 2.45) is 0 Å². The summed E-state index contributed by atoms with van der Waals surface area (Å²) in [7, 11) is 0. The van der Waals surface area contributed by atoms with E-state index in [1.165, 1.54) is 0 Å². The second-order valence-corrected chi connectivity index (χ2v) is 1.98. The van der Waals surface area contributed by atoms with Gasteiger partial charge in [0.2, 0.25) is 0 Å². The summed E-state index contributed by atoms with van der Waals surface area (Å²) in [5, 5.41) is 0. The molecule has 0 N–H and O–H groups in total. The SMILES string of the molecule is FC(F)(F)CC(F)(F)OC(F)(F)F. The zero-order valence-corrected chi connectivity index (χ0v) is 5.64. The third-order valence-corrected chi connectivity index (χ3v) is 0.671. The van der Waals surface area contributed by atoms with Crippen LogP contribution >= 0.6 is 0 Å². The van der Waals surface area contributed by atoms with E-state index in [2.05, 4.69) is 0 Å². The van der Waals surface area contributed by atoms with Crippen molar-refractivity contribution in [3.05, 3.63) is 0 Å². The fourth-order valence-corrected chi connectivity index (χ4v) is 0.439. The first-order chi connectivity index (χ1) is 5.41. The van der Waals surface area contributed by atoms with Crippen molar-refractivity contribution in [2.75, 3.05) is 0 Å². The average molecular weight is 218 g/mol. The van der Waals surface area contributed by atoms with Crippen molar-refractivity contribution in [1.29, 1.82) is 0 Å². The summed E-state index contributed by atoms with van der Waals surface area (Å²) in [6.07, 6.45) is -19.5. The van der Waals surface area contributed by atoms with Crippen molar-refractivity contribution in [3.63, 3.8) is 0 Å². The average Bonchev–Trinajstić information content (AvgIpc) is 1.43. The van der Waals surface area contributed by atoms with Gasteiger partial charge in [0.15, 0.2) is 0 Å². The molecule has 1 nitrogen and oxygen atoms in total. The molecule has 0 amide bonds. The van der Waals surface area contributed by atoms with Gasteiger partial charge in [0.1, 0.15) is 6.42 Å². The van der Waals surface area contributed by atoms with Crippen LogP contribution in [0.25, 0.3) is 0 Å². The summed E-state index contributed by atoms with van der Waals surface area (Å²) >= 11 is 0. The smallest absolute Gasteiger partial charge is 0.225 e. The van der Waals surface area contributed by atoms with E-state index in [0.29, 0.717) is 0 Å². The number of halogens is 8. The summed E-state index contributed by atoms with van der Waals surface area (Å²) < 4.78 is 92.2. The number of ether oxygens (including phenoxy) is 1. The van der Waals surface area contributed by atoms with Gasteiger partial charge in [-0.15, -0.1) is 13.2 Å². The summed E-state index contributed by atoms with van der Waals surface area (Å²) in [6.45, 7) is 0. The Morgan fingerprint density at radius 1 is 0.769 bits per heavy atom. The Bertz CT molecular complexity index is 148. The van der Waals surface area contributed by atoms with Crippen LogP contribution < -0.4 is 0 Å². The van der Waals surface area contributed by atoms with Crippen molar-refractivity contribution in [2.45, 2.75) is 25.1 Å². The van der Waals surface area contributed by atoms with Gasteiger partial charge in [0.25, 0.3) is 0 Å². The first-order valence-corrected chi connectivity index (χ1v) is 2.63. The van der Waals surface area contributed by atoms with Gasteiger partial charge in [-0.25, -0.2) is 4.74 Å². The molecule has 0 aromatic rings. The second kappa shape index (κ2) is 3.28. The maximum absolute atomic E-state index is 11.8. The first-order valence-electron chi connectivity index (χ1n) is 2.63. The van der Waals surface area contributed by atoms with Gasteiger partial charge in [-0.05, 0) is 0 Å². The van der Waals surface area contributed by atoms with Gasteiger partial charge in [-0.2, -0.15) is 22.0 Å². The summed E-state index contributed by atoms with van der Waals surface area (Å²) in [4.78, 5) is 0. The predicted octanol–water partition coefficient (Wildman–Crippen LogP) is 3.07. The van der Waals surface area contributed by atoms with E-state index in [9.17, 15) is 35.1 Å². The van der Waals surface area contributed by atoms with Crippen LogP contribution in [0.3, 0.4) is 0 Å². The Balaban J connectivity index is 4.25. The fraction of sp³-hybridized carbons (Fsp3) is 1.00. The van der Waals surface area contributed by atoms with Crippen molar-refractivity contribution in [1.82, 2.24) is 0 Å². The molecule has 0 unspecified atom stereocenters. The zero-order valence-electron chi connectivity index (χ0n) is 5.64. The molecule has 0 heterocycles. The van der Waals surface area contributed by atoms with E-state index in [-0.39, 0.29) is 0 Å². The maximum Gasteiger partial charge on any atom is 0.527 e. The third kappa shape index (κ3) is 7.75. The summed E-state index contributed by atoms with van der Waals surface area (Å²) in [5.74, 6) is 0. The van der Waals surface area contributed by atoms with E-state index in [4.69, 9.17) is 0 Å². The Kier molecular flexibility index (Phi) is 3.12. The Morgan fingerprint density at radius 2 is 1.15 bits per heavy atom. The molecule has 0 aliphatic rings. The molecule has 0 aromatic heterocycles. The van der Waals surface area contributed by atoms with Gasteiger partial charge < -0.3 is 0 Å². The minimum Gasteiger partial charge on any atom is -0.225 e. The highest BCUT2D eigenvalue weighted by Crippen LogP contribution is 2.36. The van der Waals surface area contributed by atoms with Crippen molar-refractivity contribution < 1.29 is 39.9 Å². The minimum atomic E-state index is -5.80. The molecule has 0 rings (SSSR count). The van der Waals surface area contributed by atoms with Crippen molar-refractivity contribution >= 4 is 0 Å². The molecule has 0 aromatic carbocycles. The van der Waals surface area contributed by atoms with Crippen LogP contribution in [-0.2, 0) is 4.74 Å². The summed E-state index contributed by atoms with van der Waals surface area (Å²) in [5.41, 5.74) is 0. The fourth-order valence-electron chi connectivity index (χ4n) is 0.439. The van der Waals surface area contributed by atoms with Crippen LogP contribution in [0.4, 0.5) is 35.1 Å². The zero-order chi connectivity index (χ0) is 10.9. The summed E-state index contributed by atoms with van der Waals surface area (Å²) in [6, 6.07) is 0. The number of alkyl halides is 8. The van der Waals surface area contributed by atoms with Gasteiger partial charge in [0.05, 0.1) is 0 Å². The molecule has 0 aliphatic carbocycles. The highest BCUT2D eigenvalue weighted by atomic mass is 19.4. The van der Waals surface area contributed by atoms with Crippen LogP contribution in [0.2, 0.25) is 0 Å². The van der Waals surface area contributed by atoms with Gasteiger partial charge >= 0.3 is 18.6 Å². The number of rotatable bonds is 2. The lowest BCUT2D eigenvalue weighted by atomic mass is 10.4. The van der Waals surface area contributed by atoms with E-state index in [0.717, 1.165) is 0 Å². The molecular weight excluding hydrogens is 216 g/mol. The minimum absolute atomic E-state index is 1.95. The van der Waals surface area contributed by atoms with Crippen LogP contribution in [0.1, 0.15) is 6.42 Å². The van der Waals surface area contributed by atoms with Crippen LogP contribution in [0, 0.1) is 0 Å².